The van der Waals surface area contributed by atoms with Crippen LogP contribution in [0.5, 0.6) is 11.5 Å². The average Bonchev–Trinajstić information content (AvgIpc) is 2.59. The molecule has 0 saturated carbocycles. The van der Waals surface area contributed by atoms with Gasteiger partial charge in [-0.15, -0.1) is 0 Å². The second-order valence-electron chi connectivity index (χ2n) is 5.04. The van der Waals surface area contributed by atoms with Gasteiger partial charge >= 0.3 is 6.61 Å². The molecule has 0 N–H and O–H groups in total. The van der Waals surface area contributed by atoms with Gasteiger partial charge in [0, 0.05) is 11.1 Å². The van der Waals surface area contributed by atoms with Gasteiger partial charge < -0.3 is 14.3 Å². The molecule has 0 aliphatic heterocycles. The molecular weight excluding hydrogens is 332 g/mol. The van der Waals surface area contributed by atoms with E-state index in [0.717, 1.165) is 0 Å². The lowest BCUT2D eigenvalue weighted by Gasteiger charge is -2.08. The van der Waals surface area contributed by atoms with Crippen molar-refractivity contribution in [2.75, 3.05) is 7.11 Å². The summed E-state index contributed by atoms with van der Waals surface area (Å²) in [5.74, 6) is 0.603. The van der Waals surface area contributed by atoms with Crippen molar-refractivity contribution in [3.05, 3.63) is 59.2 Å². The Bertz CT molecular complexity index is 745. The molecule has 25 heavy (non-hydrogen) atoms. The van der Waals surface area contributed by atoms with E-state index >= 15 is 0 Å². The quantitative estimate of drug-likeness (QED) is 0.410. The SMILES string of the molecule is COc1ccc(C(C)=O)cc1CON=Cc1ccc(OC(F)F)cc1. The van der Waals surface area contributed by atoms with Gasteiger partial charge in [0.25, 0.3) is 0 Å². The molecule has 0 heterocycles. The molecule has 2 aromatic rings. The van der Waals surface area contributed by atoms with Crippen LogP contribution >= 0.6 is 0 Å². The summed E-state index contributed by atoms with van der Waals surface area (Å²) in [6.07, 6.45) is 1.44. The molecule has 0 aromatic heterocycles. The number of hydrogen-bond donors (Lipinski definition) is 0. The minimum absolute atomic E-state index is 0.0569. The Hall–Kier alpha value is -2.96. The number of nitrogens with zero attached hydrogens (tertiary/aromatic N) is 1. The summed E-state index contributed by atoms with van der Waals surface area (Å²) >= 11 is 0. The first-order valence-electron chi connectivity index (χ1n) is 7.37. The Labute approximate surface area is 143 Å². The molecule has 0 fully saturated rings. The molecule has 0 spiro atoms. The molecule has 132 valence electrons. The predicted molar refractivity (Wildman–Crippen MR) is 88.5 cm³/mol. The number of alkyl halides is 2. The number of Topliss-reactive ketones (excluding diaryl/α,β-unsaturated/α-hetero) is 1. The van der Waals surface area contributed by atoms with E-state index in [0.29, 0.717) is 22.4 Å². The van der Waals surface area contributed by atoms with E-state index in [4.69, 9.17) is 9.57 Å². The van der Waals surface area contributed by atoms with Crippen molar-refractivity contribution in [3.63, 3.8) is 0 Å². The van der Waals surface area contributed by atoms with Gasteiger partial charge in [0.2, 0.25) is 0 Å². The highest BCUT2D eigenvalue weighted by molar-refractivity contribution is 5.94. The van der Waals surface area contributed by atoms with Crippen LogP contribution in [0.4, 0.5) is 8.78 Å². The number of benzene rings is 2. The lowest BCUT2D eigenvalue weighted by molar-refractivity contribution is -0.0498. The summed E-state index contributed by atoms with van der Waals surface area (Å²) in [7, 11) is 1.53. The van der Waals surface area contributed by atoms with Crippen molar-refractivity contribution < 1.29 is 27.9 Å². The highest BCUT2D eigenvalue weighted by Crippen LogP contribution is 2.21. The van der Waals surface area contributed by atoms with Crippen molar-refractivity contribution in [2.24, 2.45) is 5.16 Å². The lowest BCUT2D eigenvalue weighted by Crippen LogP contribution is -2.01. The Balaban J connectivity index is 1.96. The minimum atomic E-state index is -2.86. The Morgan fingerprint density at radius 2 is 1.92 bits per heavy atom. The Morgan fingerprint density at radius 3 is 2.52 bits per heavy atom. The average molecular weight is 349 g/mol. The maximum atomic E-state index is 12.1. The lowest BCUT2D eigenvalue weighted by atomic mass is 10.1. The number of hydrogen-bond acceptors (Lipinski definition) is 5. The fourth-order valence-electron chi connectivity index (χ4n) is 2.05. The van der Waals surface area contributed by atoms with Crippen LogP contribution in [0.25, 0.3) is 0 Å². The summed E-state index contributed by atoms with van der Waals surface area (Å²) in [6, 6.07) is 11.0. The van der Waals surface area contributed by atoms with Crippen LogP contribution < -0.4 is 9.47 Å². The molecule has 0 saturated heterocycles. The molecule has 2 rings (SSSR count). The Morgan fingerprint density at radius 1 is 1.20 bits per heavy atom. The largest absolute Gasteiger partial charge is 0.496 e. The molecule has 0 amide bonds. The zero-order valence-corrected chi connectivity index (χ0v) is 13.7. The first kappa shape index (κ1) is 18.4. The van der Waals surface area contributed by atoms with E-state index in [1.807, 2.05) is 0 Å². The van der Waals surface area contributed by atoms with Gasteiger partial charge in [-0.3, -0.25) is 4.79 Å². The first-order chi connectivity index (χ1) is 12.0. The topological polar surface area (TPSA) is 57.1 Å². The maximum absolute atomic E-state index is 12.1. The molecule has 5 nitrogen and oxygen atoms in total. The standard InChI is InChI=1S/C18H17F2NO4/c1-12(22)14-5-8-17(23-2)15(9-14)11-24-21-10-13-3-6-16(7-4-13)25-18(19)20/h3-10,18H,11H2,1-2H3. The van der Waals surface area contributed by atoms with E-state index in [9.17, 15) is 13.6 Å². The van der Waals surface area contributed by atoms with Gasteiger partial charge in [0.05, 0.1) is 13.3 Å². The second-order valence-corrected chi connectivity index (χ2v) is 5.04. The smallest absolute Gasteiger partial charge is 0.387 e. The molecular formula is C18H17F2NO4. The Kier molecular flexibility index (Phi) is 6.45. The maximum Gasteiger partial charge on any atom is 0.387 e. The van der Waals surface area contributed by atoms with E-state index in [1.54, 1.807) is 30.3 Å². The van der Waals surface area contributed by atoms with E-state index in [1.165, 1.54) is 32.4 Å². The number of ether oxygens (including phenoxy) is 2. The third kappa shape index (κ3) is 5.56. The van der Waals surface area contributed by atoms with Crippen LogP contribution in [0.15, 0.2) is 47.6 Å². The van der Waals surface area contributed by atoms with Gasteiger partial charge in [0.1, 0.15) is 18.1 Å². The van der Waals surface area contributed by atoms with Crippen LogP contribution in [0.1, 0.15) is 28.4 Å². The zero-order valence-electron chi connectivity index (χ0n) is 13.7. The fourth-order valence-corrected chi connectivity index (χ4v) is 2.05. The van der Waals surface area contributed by atoms with Gasteiger partial charge in [-0.1, -0.05) is 5.16 Å². The molecule has 0 radical (unpaired) electrons. The number of halogens is 2. The van der Waals surface area contributed by atoms with E-state index < -0.39 is 6.61 Å². The summed E-state index contributed by atoms with van der Waals surface area (Å²) in [6.45, 7) is -1.26. The second kappa shape index (κ2) is 8.77. The molecule has 0 unspecified atom stereocenters. The van der Waals surface area contributed by atoms with Gasteiger partial charge in [-0.2, -0.15) is 8.78 Å². The van der Waals surface area contributed by atoms with E-state index in [2.05, 4.69) is 9.89 Å². The molecule has 0 aliphatic rings. The number of rotatable bonds is 8. The fraction of sp³-hybridized carbons (Fsp3) is 0.222. The van der Waals surface area contributed by atoms with Crippen molar-refractivity contribution in [2.45, 2.75) is 20.1 Å². The van der Waals surface area contributed by atoms with Crippen molar-refractivity contribution >= 4 is 12.0 Å². The summed E-state index contributed by atoms with van der Waals surface area (Å²) < 4.78 is 33.6. The van der Waals surface area contributed by atoms with Gasteiger partial charge in [-0.05, 0) is 55.0 Å². The third-order valence-electron chi connectivity index (χ3n) is 3.29. The van der Waals surface area contributed by atoms with Crippen LogP contribution in [-0.2, 0) is 11.4 Å². The summed E-state index contributed by atoms with van der Waals surface area (Å²) in [4.78, 5) is 16.7. The molecule has 2 aromatic carbocycles. The normalized spacial score (nSPS) is 10.9. The van der Waals surface area contributed by atoms with E-state index in [-0.39, 0.29) is 18.1 Å². The van der Waals surface area contributed by atoms with Crippen molar-refractivity contribution in [3.8, 4) is 11.5 Å². The molecule has 0 aliphatic carbocycles. The van der Waals surface area contributed by atoms with Crippen LogP contribution in [0, 0.1) is 0 Å². The molecule has 0 bridgehead atoms. The van der Waals surface area contributed by atoms with Crippen LogP contribution in [0.2, 0.25) is 0 Å². The summed E-state index contributed by atoms with van der Waals surface area (Å²) in [5.41, 5.74) is 1.90. The number of ketones is 1. The van der Waals surface area contributed by atoms with Crippen molar-refractivity contribution in [1.82, 2.24) is 0 Å². The number of carbonyl (C=O) groups is 1. The van der Waals surface area contributed by atoms with Crippen molar-refractivity contribution in [1.29, 1.82) is 0 Å². The van der Waals surface area contributed by atoms with Crippen LogP contribution in [0.3, 0.4) is 0 Å². The highest BCUT2D eigenvalue weighted by atomic mass is 19.3. The third-order valence-corrected chi connectivity index (χ3v) is 3.29. The number of methoxy groups -OCH3 is 1. The monoisotopic (exact) mass is 349 g/mol. The number of oxime groups is 1. The van der Waals surface area contributed by atoms with Gasteiger partial charge in [0.15, 0.2) is 5.78 Å². The summed E-state index contributed by atoms with van der Waals surface area (Å²) in [5, 5.41) is 3.82. The van der Waals surface area contributed by atoms with Crippen LogP contribution in [-0.4, -0.2) is 25.7 Å². The molecule has 0 atom stereocenters. The van der Waals surface area contributed by atoms with Gasteiger partial charge in [-0.25, -0.2) is 0 Å². The first-order valence-corrected chi connectivity index (χ1v) is 7.37. The molecule has 7 heteroatoms. The zero-order chi connectivity index (χ0) is 18.2. The minimum Gasteiger partial charge on any atom is -0.496 e. The predicted octanol–water partition coefficient (Wildman–Crippen LogP) is 4.05. The number of carbonyl (C=O) groups excluding carboxylic acids is 1. The highest BCUT2D eigenvalue weighted by Gasteiger charge is 2.08.